The van der Waals surface area contributed by atoms with Crippen LogP contribution < -0.4 is 5.32 Å². The van der Waals surface area contributed by atoms with E-state index in [1.165, 1.54) is 0 Å². The van der Waals surface area contributed by atoms with Gasteiger partial charge in [-0.25, -0.2) is 0 Å². The maximum absolute atomic E-state index is 12.5. The highest BCUT2D eigenvalue weighted by Crippen LogP contribution is 2.26. The van der Waals surface area contributed by atoms with Crippen molar-refractivity contribution >= 4 is 11.9 Å². The second kappa shape index (κ2) is 6.07. The van der Waals surface area contributed by atoms with Crippen LogP contribution in [-0.4, -0.2) is 23.0 Å². The average Bonchev–Trinajstić information content (AvgIpc) is 2.37. The van der Waals surface area contributed by atoms with E-state index in [-0.39, 0.29) is 5.91 Å². The smallest absolute Gasteiger partial charge is 0.308 e. The molecule has 1 aromatic carbocycles. The van der Waals surface area contributed by atoms with E-state index >= 15 is 0 Å². The van der Waals surface area contributed by atoms with Crippen LogP contribution in [0.25, 0.3) is 0 Å². The predicted molar refractivity (Wildman–Crippen MR) is 78.6 cm³/mol. The van der Waals surface area contributed by atoms with E-state index in [9.17, 15) is 9.59 Å². The number of carboxylic acid groups (broad SMARTS) is 1. The third kappa shape index (κ3) is 3.38. The molecule has 1 aromatic rings. The normalized spacial score (nSPS) is 14.4. The fourth-order valence-corrected chi connectivity index (χ4v) is 2.12. The Bertz CT molecular complexity index is 508. The summed E-state index contributed by atoms with van der Waals surface area (Å²) in [6.45, 7) is 8.97. The van der Waals surface area contributed by atoms with Crippen molar-refractivity contribution in [3.8, 4) is 0 Å². The number of carboxylic acids is 1. The van der Waals surface area contributed by atoms with Crippen LogP contribution >= 0.6 is 0 Å². The number of nitrogens with one attached hydrogen (secondary N) is 1. The van der Waals surface area contributed by atoms with Gasteiger partial charge in [0.1, 0.15) is 0 Å². The minimum absolute atomic E-state index is 0.160. The van der Waals surface area contributed by atoms with Gasteiger partial charge in [0.25, 0.3) is 0 Å². The van der Waals surface area contributed by atoms with Gasteiger partial charge in [-0.15, -0.1) is 0 Å². The maximum atomic E-state index is 12.5. The summed E-state index contributed by atoms with van der Waals surface area (Å²) in [4.78, 5) is 23.4. The topological polar surface area (TPSA) is 66.4 Å². The van der Waals surface area contributed by atoms with E-state index in [4.69, 9.17) is 5.11 Å². The van der Waals surface area contributed by atoms with Crippen molar-refractivity contribution in [2.75, 3.05) is 0 Å². The van der Waals surface area contributed by atoms with Gasteiger partial charge in [-0.05, 0) is 45.7 Å². The van der Waals surface area contributed by atoms with Crippen molar-refractivity contribution in [3.05, 3.63) is 35.4 Å². The third-order valence-electron chi connectivity index (χ3n) is 3.88. The maximum Gasteiger partial charge on any atom is 0.308 e. The van der Waals surface area contributed by atoms with Gasteiger partial charge in [-0.3, -0.25) is 9.59 Å². The first-order valence-corrected chi connectivity index (χ1v) is 6.77. The van der Waals surface area contributed by atoms with Crippen LogP contribution in [0, 0.1) is 12.8 Å². The van der Waals surface area contributed by atoms with Crippen molar-refractivity contribution in [1.29, 1.82) is 0 Å². The van der Waals surface area contributed by atoms with Crippen LogP contribution in [0.1, 0.15) is 38.8 Å². The molecule has 0 radical (unpaired) electrons. The van der Waals surface area contributed by atoms with Crippen molar-refractivity contribution in [1.82, 2.24) is 5.32 Å². The molecule has 2 atom stereocenters. The molecule has 0 aromatic heterocycles. The molecule has 20 heavy (non-hydrogen) atoms. The predicted octanol–water partition coefficient (Wildman–Crippen LogP) is 2.50. The molecule has 0 aliphatic carbocycles. The van der Waals surface area contributed by atoms with Crippen molar-refractivity contribution < 1.29 is 14.7 Å². The number of amides is 1. The van der Waals surface area contributed by atoms with Crippen molar-refractivity contribution in [2.24, 2.45) is 5.92 Å². The van der Waals surface area contributed by atoms with Gasteiger partial charge in [-0.2, -0.15) is 0 Å². The van der Waals surface area contributed by atoms with Crippen LogP contribution in [0.5, 0.6) is 0 Å². The molecule has 110 valence electrons. The Morgan fingerprint density at radius 2 is 1.75 bits per heavy atom. The fraction of sp³-hybridized carbons (Fsp3) is 0.500. The molecule has 0 aliphatic rings. The summed E-state index contributed by atoms with van der Waals surface area (Å²) >= 11 is 0. The van der Waals surface area contributed by atoms with Gasteiger partial charge >= 0.3 is 5.97 Å². The molecule has 0 fully saturated rings. The number of benzene rings is 1. The molecule has 4 nitrogen and oxygen atoms in total. The number of carbonyl (C=O) groups is 2. The average molecular weight is 277 g/mol. The largest absolute Gasteiger partial charge is 0.481 e. The summed E-state index contributed by atoms with van der Waals surface area (Å²) in [5.74, 6) is -1.69. The summed E-state index contributed by atoms with van der Waals surface area (Å²) in [6, 6.07) is 7.32. The van der Waals surface area contributed by atoms with Gasteiger partial charge < -0.3 is 10.4 Å². The zero-order chi connectivity index (χ0) is 15.5. The SMILES string of the molecule is Cc1ccccc1C(C)(C)C(=O)NC(C)C(C)C(=O)O. The van der Waals surface area contributed by atoms with E-state index in [0.717, 1.165) is 11.1 Å². The summed E-state index contributed by atoms with van der Waals surface area (Å²) < 4.78 is 0. The lowest BCUT2D eigenvalue weighted by Gasteiger charge is -2.29. The number of carbonyl (C=O) groups excluding carboxylic acids is 1. The Labute approximate surface area is 120 Å². The summed E-state index contributed by atoms with van der Waals surface area (Å²) in [5, 5.41) is 11.8. The number of hydrogen-bond acceptors (Lipinski definition) is 2. The molecule has 0 spiro atoms. The van der Waals surface area contributed by atoms with E-state index in [1.54, 1.807) is 13.8 Å². The third-order valence-corrected chi connectivity index (χ3v) is 3.88. The van der Waals surface area contributed by atoms with Crippen molar-refractivity contribution in [3.63, 3.8) is 0 Å². The van der Waals surface area contributed by atoms with Crippen LogP contribution in [0.4, 0.5) is 0 Å². The molecule has 0 aliphatic heterocycles. The van der Waals surface area contributed by atoms with E-state index in [2.05, 4.69) is 5.32 Å². The molecule has 0 bridgehead atoms. The molecule has 0 heterocycles. The zero-order valence-corrected chi connectivity index (χ0v) is 12.7. The molecular weight excluding hydrogens is 254 g/mol. The molecule has 1 rings (SSSR count). The van der Waals surface area contributed by atoms with Crippen molar-refractivity contribution in [2.45, 2.75) is 46.1 Å². The Balaban J connectivity index is 2.91. The highest BCUT2D eigenvalue weighted by molar-refractivity contribution is 5.88. The van der Waals surface area contributed by atoms with Gasteiger partial charge in [0.05, 0.1) is 11.3 Å². The van der Waals surface area contributed by atoms with E-state index < -0.39 is 23.3 Å². The Morgan fingerprint density at radius 3 is 2.25 bits per heavy atom. The Kier molecular flexibility index (Phi) is 4.93. The standard InChI is InChI=1S/C16H23NO3/c1-10-8-6-7-9-13(10)16(4,5)15(20)17-12(3)11(2)14(18)19/h6-9,11-12H,1-5H3,(H,17,20)(H,18,19). The number of rotatable bonds is 5. The molecular formula is C16H23NO3. The molecule has 4 heteroatoms. The van der Waals surface area contributed by atoms with Crippen LogP contribution in [-0.2, 0) is 15.0 Å². The Hall–Kier alpha value is -1.84. The quantitative estimate of drug-likeness (QED) is 0.869. The summed E-state index contributed by atoms with van der Waals surface area (Å²) in [6.07, 6.45) is 0. The van der Waals surface area contributed by atoms with Gasteiger partial charge in [0.2, 0.25) is 5.91 Å². The van der Waals surface area contributed by atoms with E-state index in [0.29, 0.717) is 0 Å². The number of aliphatic carboxylic acids is 1. The lowest BCUT2D eigenvalue weighted by atomic mass is 9.81. The minimum atomic E-state index is -0.911. The van der Waals surface area contributed by atoms with Gasteiger partial charge in [0.15, 0.2) is 0 Å². The van der Waals surface area contributed by atoms with Gasteiger partial charge in [0, 0.05) is 6.04 Å². The lowest BCUT2D eigenvalue weighted by molar-refractivity contribution is -0.142. The second-order valence-corrected chi connectivity index (χ2v) is 5.83. The molecule has 2 unspecified atom stereocenters. The van der Waals surface area contributed by atoms with Crippen LogP contribution in [0.2, 0.25) is 0 Å². The summed E-state index contributed by atoms with van der Waals surface area (Å²) in [7, 11) is 0. The molecule has 0 saturated carbocycles. The fourth-order valence-electron chi connectivity index (χ4n) is 2.12. The minimum Gasteiger partial charge on any atom is -0.481 e. The number of aryl methyl sites for hydroxylation is 1. The van der Waals surface area contributed by atoms with Crippen LogP contribution in [0.15, 0.2) is 24.3 Å². The highest BCUT2D eigenvalue weighted by atomic mass is 16.4. The van der Waals surface area contributed by atoms with E-state index in [1.807, 2.05) is 45.0 Å². The summed E-state index contributed by atoms with van der Waals surface area (Å²) in [5.41, 5.74) is 1.30. The molecule has 0 saturated heterocycles. The first-order chi connectivity index (χ1) is 9.17. The van der Waals surface area contributed by atoms with Crippen LogP contribution in [0.3, 0.4) is 0 Å². The monoisotopic (exact) mass is 277 g/mol. The lowest BCUT2D eigenvalue weighted by Crippen LogP contribution is -2.47. The highest BCUT2D eigenvalue weighted by Gasteiger charge is 2.33. The number of hydrogen-bond donors (Lipinski definition) is 2. The molecule has 2 N–H and O–H groups in total. The second-order valence-electron chi connectivity index (χ2n) is 5.83. The Morgan fingerprint density at radius 1 is 1.20 bits per heavy atom. The first-order valence-electron chi connectivity index (χ1n) is 6.77. The van der Waals surface area contributed by atoms with Gasteiger partial charge in [-0.1, -0.05) is 24.3 Å². The molecule has 1 amide bonds. The first kappa shape index (κ1) is 16.2. The zero-order valence-electron chi connectivity index (χ0n) is 12.7.